The first-order chi connectivity index (χ1) is 11.8. The van der Waals surface area contributed by atoms with Crippen molar-refractivity contribution in [3.63, 3.8) is 0 Å². The normalized spacial score (nSPS) is 17.8. The maximum absolute atomic E-state index is 5.41. The molecule has 144 valence electrons. The Hall–Kier alpha value is -0.760. The van der Waals surface area contributed by atoms with Crippen molar-refractivity contribution in [3.05, 3.63) is 24.2 Å². The van der Waals surface area contributed by atoms with Gasteiger partial charge in [-0.1, -0.05) is 20.8 Å². The van der Waals surface area contributed by atoms with Gasteiger partial charge in [0.15, 0.2) is 5.96 Å². The maximum Gasteiger partial charge on any atom is 0.193 e. The molecule has 25 heavy (non-hydrogen) atoms. The lowest BCUT2D eigenvalue weighted by Gasteiger charge is -2.24. The van der Waals surface area contributed by atoms with E-state index in [9.17, 15) is 0 Å². The topological polar surface area (TPSA) is 44.0 Å². The van der Waals surface area contributed by atoms with Crippen LogP contribution in [0.25, 0.3) is 0 Å². The second-order valence-corrected chi connectivity index (χ2v) is 6.55. The molecule has 0 radical (unpaired) electrons. The van der Waals surface area contributed by atoms with Gasteiger partial charge in [0.05, 0.1) is 6.26 Å². The first kappa shape index (κ1) is 22.3. The van der Waals surface area contributed by atoms with Gasteiger partial charge in [-0.25, -0.2) is 0 Å². The summed E-state index contributed by atoms with van der Waals surface area (Å²) in [7, 11) is 0. The molecule has 1 fully saturated rings. The quantitative estimate of drug-likeness (QED) is 0.347. The molecule has 1 atom stereocenters. The van der Waals surface area contributed by atoms with Crippen LogP contribution < -0.4 is 5.32 Å². The molecule has 6 heteroatoms. The highest BCUT2D eigenvalue weighted by molar-refractivity contribution is 14.0. The van der Waals surface area contributed by atoms with Gasteiger partial charge in [0.1, 0.15) is 5.76 Å². The number of hydrogen-bond acceptors (Lipinski definition) is 3. The Balaban J connectivity index is 0.00000312. The van der Waals surface area contributed by atoms with E-state index in [0.717, 1.165) is 69.7 Å². The minimum atomic E-state index is 0. The van der Waals surface area contributed by atoms with E-state index in [0.29, 0.717) is 0 Å². The van der Waals surface area contributed by atoms with Gasteiger partial charge in [0, 0.05) is 39.1 Å². The molecule has 0 bridgehead atoms. The zero-order valence-electron chi connectivity index (χ0n) is 16.0. The summed E-state index contributed by atoms with van der Waals surface area (Å²) in [5, 5.41) is 3.54. The van der Waals surface area contributed by atoms with Crippen LogP contribution in [0.15, 0.2) is 27.8 Å². The van der Waals surface area contributed by atoms with Crippen molar-refractivity contribution in [3.8, 4) is 0 Å². The van der Waals surface area contributed by atoms with Gasteiger partial charge in [0.2, 0.25) is 0 Å². The summed E-state index contributed by atoms with van der Waals surface area (Å²) < 4.78 is 5.41. The Bertz CT molecular complexity index is 474. The van der Waals surface area contributed by atoms with E-state index in [1.165, 1.54) is 13.0 Å². The number of halogens is 1. The van der Waals surface area contributed by atoms with Crippen molar-refractivity contribution < 1.29 is 4.42 Å². The number of aliphatic imine (C=N–C) groups is 1. The number of rotatable bonds is 9. The van der Waals surface area contributed by atoms with Crippen molar-refractivity contribution >= 4 is 29.9 Å². The molecule has 1 aromatic rings. The molecule has 5 nitrogen and oxygen atoms in total. The van der Waals surface area contributed by atoms with Crippen LogP contribution in [0, 0.1) is 5.92 Å². The molecule has 1 aromatic heterocycles. The Morgan fingerprint density at radius 1 is 1.36 bits per heavy atom. The zero-order valence-corrected chi connectivity index (χ0v) is 18.4. The largest absolute Gasteiger partial charge is 0.469 e. The average Bonchev–Trinajstić information content (AvgIpc) is 3.27. The van der Waals surface area contributed by atoms with Gasteiger partial charge in [0.25, 0.3) is 0 Å². The number of likely N-dealkylation sites (tertiary alicyclic amines) is 1. The Morgan fingerprint density at radius 2 is 2.16 bits per heavy atom. The molecular formula is C19H35IN4O. The summed E-state index contributed by atoms with van der Waals surface area (Å²) in [6.45, 7) is 14.2. The summed E-state index contributed by atoms with van der Waals surface area (Å²) >= 11 is 0. The highest BCUT2D eigenvalue weighted by Gasteiger charge is 2.25. The fourth-order valence-corrected chi connectivity index (χ4v) is 3.26. The molecule has 0 spiro atoms. The van der Waals surface area contributed by atoms with Crippen LogP contribution in [0.3, 0.4) is 0 Å². The molecule has 0 amide bonds. The Kier molecular flexibility index (Phi) is 11.2. The lowest BCUT2D eigenvalue weighted by Crippen LogP contribution is -2.41. The number of guanidine groups is 1. The Labute approximate surface area is 170 Å². The molecule has 2 heterocycles. The summed E-state index contributed by atoms with van der Waals surface area (Å²) in [5.41, 5.74) is 0. The van der Waals surface area contributed by atoms with E-state index in [4.69, 9.17) is 9.41 Å². The van der Waals surface area contributed by atoms with Crippen LogP contribution in [0.5, 0.6) is 0 Å². The molecule has 1 saturated heterocycles. The van der Waals surface area contributed by atoms with Crippen molar-refractivity contribution in [2.45, 2.75) is 40.0 Å². The minimum Gasteiger partial charge on any atom is -0.469 e. The third kappa shape index (κ3) is 7.56. The van der Waals surface area contributed by atoms with Crippen LogP contribution in [0.2, 0.25) is 0 Å². The second kappa shape index (κ2) is 12.6. The van der Waals surface area contributed by atoms with Gasteiger partial charge < -0.3 is 19.5 Å². The van der Waals surface area contributed by atoms with E-state index >= 15 is 0 Å². The predicted molar refractivity (Wildman–Crippen MR) is 116 cm³/mol. The summed E-state index contributed by atoms with van der Waals surface area (Å²) in [4.78, 5) is 9.75. The predicted octanol–water partition coefficient (Wildman–Crippen LogP) is 3.46. The first-order valence-electron chi connectivity index (χ1n) is 9.54. The van der Waals surface area contributed by atoms with Gasteiger partial charge in [-0.05, 0) is 44.0 Å². The van der Waals surface area contributed by atoms with Crippen LogP contribution in [-0.4, -0.2) is 61.6 Å². The molecule has 1 aliphatic rings. The third-order valence-corrected chi connectivity index (χ3v) is 4.72. The highest BCUT2D eigenvalue weighted by Crippen LogP contribution is 2.17. The maximum atomic E-state index is 5.41. The van der Waals surface area contributed by atoms with E-state index in [1.54, 1.807) is 6.26 Å². The van der Waals surface area contributed by atoms with Gasteiger partial charge in [-0.2, -0.15) is 0 Å². The molecule has 0 saturated carbocycles. The standard InChI is InChI=1S/C19H34N4O.HI/c1-4-11-20-19(21-12-9-18-8-7-14-24-18)23-13-10-17(16-23)15-22(5-2)6-3;/h7-8,14,17H,4-6,9-13,15-16H2,1-3H3,(H,20,21);1H. The average molecular weight is 462 g/mol. The van der Waals surface area contributed by atoms with Crippen molar-refractivity contribution in [1.29, 1.82) is 0 Å². The first-order valence-corrected chi connectivity index (χ1v) is 9.54. The molecular weight excluding hydrogens is 427 g/mol. The fourth-order valence-electron chi connectivity index (χ4n) is 3.26. The highest BCUT2D eigenvalue weighted by atomic mass is 127. The van der Waals surface area contributed by atoms with E-state index in [-0.39, 0.29) is 24.0 Å². The summed E-state index contributed by atoms with van der Waals surface area (Å²) in [6.07, 6.45) is 4.98. The zero-order chi connectivity index (χ0) is 17.2. The summed E-state index contributed by atoms with van der Waals surface area (Å²) in [5.74, 6) is 2.85. The van der Waals surface area contributed by atoms with Crippen LogP contribution >= 0.6 is 24.0 Å². The monoisotopic (exact) mass is 462 g/mol. The lowest BCUT2D eigenvalue weighted by atomic mass is 10.1. The van der Waals surface area contributed by atoms with Crippen molar-refractivity contribution in [2.24, 2.45) is 10.9 Å². The SMILES string of the molecule is CCCN=C(NCCc1ccco1)N1CCC(CN(CC)CC)C1.I. The van der Waals surface area contributed by atoms with Gasteiger partial charge in [-0.15, -0.1) is 24.0 Å². The van der Waals surface area contributed by atoms with E-state index < -0.39 is 0 Å². The molecule has 2 rings (SSSR count). The molecule has 1 N–H and O–H groups in total. The van der Waals surface area contributed by atoms with Crippen LogP contribution in [0.4, 0.5) is 0 Å². The van der Waals surface area contributed by atoms with Crippen LogP contribution in [0.1, 0.15) is 39.4 Å². The molecule has 1 aliphatic heterocycles. The molecule has 0 aromatic carbocycles. The van der Waals surface area contributed by atoms with Crippen molar-refractivity contribution in [1.82, 2.24) is 15.1 Å². The summed E-state index contributed by atoms with van der Waals surface area (Å²) in [6, 6.07) is 3.97. The molecule has 1 unspecified atom stereocenters. The minimum absolute atomic E-state index is 0. The number of nitrogens with one attached hydrogen (secondary N) is 1. The number of furan rings is 1. The molecule has 0 aliphatic carbocycles. The number of nitrogens with zero attached hydrogens (tertiary/aromatic N) is 3. The van der Waals surface area contributed by atoms with E-state index in [2.05, 4.69) is 35.9 Å². The fraction of sp³-hybridized carbons (Fsp3) is 0.737. The van der Waals surface area contributed by atoms with Gasteiger partial charge >= 0.3 is 0 Å². The lowest BCUT2D eigenvalue weighted by molar-refractivity contribution is 0.255. The van der Waals surface area contributed by atoms with Crippen LogP contribution in [-0.2, 0) is 6.42 Å². The van der Waals surface area contributed by atoms with Gasteiger partial charge in [-0.3, -0.25) is 4.99 Å². The third-order valence-electron chi connectivity index (χ3n) is 4.72. The van der Waals surface area contributed by atoms with Crippen molar-refractivity contribution in [2.75, 3.05) is 45.8 Å². The van der Waals surface area contributed by atoms with E-state index in [1.807, 2.05) is 12.1 Å². The Morgan fingerprint density at radius 3 is 2.80 bits per heavy atom. The second-order valence-electron chi connectivity index (χ2n) is 6.55. The number of hydrogen-bond donors (Lipinski definition) is 1. The smallest absolute Gasteiger partial charge is 0.193 e.